The van der Waals surface area contributed by atoms with Gasteiger partial charge in [-0.2, -0.15) is 0 Å². The molecule has 2 heterocycles. The molecule has 0 bridgehead atoms. The van der Waals surface area contributed by atoms with Crippen molar-refractivity contribution >= 4 is 29.1 Å². The molecule has 0 aromatic heterocycles. The fourth-order valence-corrected chi connectivity index (χ4v) is 4.64. The van der Waals surface area contributed by atoms with E-state index < -0.39 is 0 Å². The van der Waals surface area contributed by atoms with Crippen LogP contribution in [0, 0.1) is 0 Å². The minimum absolute atomic E-state index is 0.0378. The quantitative estimate of drug-likeness (QED) is 0.796. The van der Waals surface area contributed by atoms with E-state index in [2.05, 4.69) is 4.90 Å². The molecule has 0 saturated carbocycles. The van der Waals surface area contributed by atoms with Crippen LogP contribution in [-0.2, 0) is 17.6 Å². The third-order valence-electron chi connectivity index (χ3n) is 5.78. The molecule has 1 atom stereocenters. The van der Waals surface area contributed by atoms with Crippen LogP contribution in [0.15, 0.2) is 36.4 Å². The standard InChI is InChI=1S/C22H24Cl2N2O2/c23-19-6-3-15(11-20(19)24)12-22(28)26-10-7-16-4-5-17(27)13-18(16)21(26)14-25-8-1-2-9-25/h3-6,11,13,21,27H,1-2,7-10,12,14H2/t21-/m0/s1. The van der Waals surface area contributed by atoms with Gasteiger partial charge in [0.2, 0.25) is 5.91 Å². The number of rotatable bonds is 4. The molecule has 0 spiro atoms. The van der Waals surface area contributed by atoms with Crippen molar-refractivity contribution in [3.63, 3.8) is 0 Å². The Kier molecular flexibility index (Phi) is 5.81. The molecule has 148 valence electrons. The third kappa shape index (κ3) is 4.14. The maximum atomic E-state index is 13.2. The van der Waals surface area contributed by atoms with Crippen molar-refractivity contribution in [3.05, 3.63) is 63.1 Å². The van der Waals surface area contributed by atoms with Crippen molar-refractivity contribution in [3.8, 4) is 5.75 Å². The van der Waals surface area contributed by atoms with Gasteiger partial charge in [-0.1, -0.05) is 35.3 Å². The van der Waals surface area contributed by atoms with E-state index in [1.807, 2.05) is 23.1 Å². The van der Waals surface area contributed by atoms with Gasteiger partial charge in [-0.25, -0.2) is 0 Å². The molecule has 4 nitrogen and oxygen atoms in total. The summed E-state index contributed by atoms with van der Waals surface area (Å²) in [5, 5.41) is 11.0. The van der Waals surface area contributed by atoms with Gasteiger partial charge in [0.15, 0.2) is 0 Å². The minimum atomic E-state index is -0.0378. The van der Waals surface area contributed by atoms with Crippen LogP contribution in [0.1, 0.15) is 35.6 Å². The number of aromatic hydroxyl groups is 1. The first-order valence-corrected chi connectivity index (χ1v) is 10.5. The van der Waals surface area contributed by atoms with Crippen LogP contribution in [0.3, 0.4) is 0 Å². The van der Waals surface area contributed by atoms with E-state index >= 15 is 0 Å². The van der Waals surface area contributed by atoms with E-state index in [9.17, 15) is 9.90 Å². The summed E-state index contributed by atoms with van der Waals surface area (Å²) in [6.07, 6.45) is 3.51. The second-order valence-electron chi connectivity index (χ2n) is 7.67. The van der Waals surface area contributed by atoms with Gasteiger partial charge in [0, 0.05) is 13.1 Å². The summed E-state index contributed by atoms with van der Waals surface area (Å²) in [7, 11) is 0. The predicted octanol–water partition coefficient (Wildman–Crippen LogP) is 4.46. The Hall–Kier alpha value is -1.75. The fraction of sp³-hybridized carbons (Fsp3) is 0.409. The molecule has 0 radical (unpaired) electrons. The van der Waals surface area contributed by atoms with Crippen LogP contribution in [0.4, 0.5) is 0 Å². The first-order chi connectivity index (χ1) is 13.5. The normalized spacial score (nSPS) is 19.6. The van der Waals surface area contributed by atoms with Crippen molar-refractivity contribution in [2.75, 3.05) is 26.2 Å². The Balaban J connectivity index is 1.59. The smallest absolute Gasteiger partial charge is 0.227 e. The van der Waals surface area contributed by atoms with E-state index in [0.717, 1.165) is 37.2 Å². The Bertz CT molecular complexity index is 881. The molecule has 1 amide bonds. The lowest BCUT2D eigenvalue weighted by Gasteiger charge is -2.39. The summed E-state index contributed by atoms with van der Waals surface area (Å²) < 4.78 is 0. The summed E-state index contributed by atoms with van der Waals surface area (Å²) in [5.74, 6) is 0.334. The Morgan fingerprint density at radius 1 is 1.04 bits per heavy atom. The summed E-state index contributed by atoms with van der Waals surface area (Å²) in [6, 6.07) is 10.9. The van der Waals surface area contributed by atoms with Crippen LogP contribution in [0.5, 0.6) is 5.75 Å². The summed E-state index contributed by atoms with van der Waals surface area (Å²) in [6.45, 7) is 3.64. The van der Waals surface area contributed by atoms with Gasteiger partial charge in [0.25, 0.3) is 0 Å². The molecule has 1 saturated heterocycles. The zero-order chi connectivity index (χ0) is 19.7. The van der Waals surface area contributed by atoms with Crippen molar-refractivity contribution < 1.29 is 9.90 Å². The molecule has 2 aromatic rings. The van der Waals surface area contributed by atoms with E-state index in [0.29, 0.717) is 23.0 Å². The summed E-state index contributed by atoms with van der Waals surface area (Å²) in [4.78, 5) is 17.6. The lowest BCUT2D eigenvalue weighted by atomic mass is 9.91. The maximum Gasteiger partial charge on any atom is 0.227 e. The Labute approximate surface area is 175 Å². The second-order valence-corrected chi connectivity index (χ2v) is 8.48. The number of nitrogens with zero attached hydrogens (tertiary/aromatic N) is 2. The average Bonchev–Trinajstić information content (AvgIpc) is 3.18. The zero-order valence-electron chi connectivity index (χ0n) is 15.7. The zero-order valence-corrected chi connectivity index (χ0v) is 17.2. The number of hydrogen-bond acceptors (Lipinski definition) is 3. The number of carbonyl (C=O) groups is 1. The van der Waals surface area contributed by atoms with Gasteiger partial charge in [0.05, 0.1) is 22.5 Å². The Morgan fingerprint density at radius 2 is 1.82 bits per heavy atom. The van der Waals surface area contributed by atoms with Gasteiger partial charge in [-0.05, 0) is 73.3 Å². The lowest BCUT2D eigenvalue weighted by molar-refractivity contribution is -0.133. The number of halogens is 2. The molecule has 28 heavy (non-hydrogen) atoms. The summed E-state index contributed by atoms with van der Waals surface area (Å²) in [5.41, 5.74) is 3.15. The van der Waals surface area contributed by atoms with Crippen LogP contribution < -0.4 is 0 Å². The molecule has 1 fully saturated rings. The van der Waals surface area contributed by atoms with Crippen molar-refractivity contribution in [1.82, 2.24) is 9.80 Å². The molecule has 0 unspecified atom stereocenters. The van der Waals surface area contributed by atoms with Crippen LogP contribution in [0.2, 0.25) is 10.0 Å². The SMILES string of the molecule is O=C(Cc1ccc(Cl)c(Cl)c1)N1CCc2ccc(O)cc2[C@@H]1CN1CCCC1. The third-order valence-corrected chi connectivity index (χ3v) is 6.52. The van der Waals surface area contributed by atoms with E-state index in [4.69, 9.17) is 23.2 Å². The van der Waals surface area contributed by atoms with Crippen molar-refractivity contribution in [1.29, 1.82) is 0 Å². The number of fused-ring (bicyclic) bond motifs is 1. The molecular weight excluding hydrogens is 395 g/mol. The van der Waals surface area contributed by atoms with Gasteiger partial charge in [0.1, 0.15) is 5.75 Å². The topological polar surface area (TPSA) is 43.8 Å². The molecule has 2 aliphatic rings. The highest BCUT2D eigenvalue weighted by Gasteiger charge is 2.33. The number of amides is 1. The highest BCUT2D eigenvalue weighted by molar-refractivity contribution is 6.42. The number of phenols is 1. The van der Waals surface area contributed by atoms with Gasteiger partial charge >= 0.3 is 0 Å². The average molecular weight is 419 g/mol. The first kappa shape index (κ1) is 19.6. The monoisotopic (exact) mass is 418 g/mol. The number of phenolic OH excluding ortho intramolecular Hbond substituents is 1. The largest absolute Gasteiger partial charge is 0.508 e. The molecule has 2 aliphatic heterocycles. The number of hydrogen-bond donors (Lipinski definition) is 1. The van der Waals surface area contributed by atoms with Crippen LogP contribution >= 0.6 is 23.2 Å². The van der Waals surface area contributed by atoms with Crippen LogP contribution in [0.25, 0.3) is 0 Å². The van der Waals surface area contributed by atoms with Gasteiger partial charge < -0.3 is 14.9 Å². The first-order valence-electron chi connectivity index (χ1n) is 9.79. The Morgan fingerprint density at radius 3 is 2.57 bits per heavy atom. The van der Waals surface area contributed by atoms with E-state index in [-0.39, 0.29) is 17.7 Å². The highest BCUT2D eigenvalue weighted by Crippen LogP contribution is 2.34. The predicted molar refractivity (Wildman–Crippen MR) is 112 cm³/mol. The molecule has 6 heteroatoms. The van der Waals surface area contributed by atoms with Gasteiger partial charge in [-0.15, -0.1) is 0 Å². The molecule has 1 N–H and O–H groups in total. The van der Waals surface area contributed by atoms with Gasteiger partial charge in [-0.3, -0.25) is 4.79 Å². The van der Waals surface area contributed by atoms with E-state index in [1.54, 1.807) is 18.2 Å². The van der Waals surface area contributed by atoms with Crippen molar-refractivity contribution in [2.24, 2.45) is 0 Å². The van der Waals surface area contributed by atoms with Crippen LogP contribution in [-0.4, -0.2) is 47.0 Å². The maximum absolute atomic E-state index is 13.2. The minimum Gasteiger partial charge on any atom is -0.508 e. The highest BCUT2D eigenvalue weighted by atomic mass is 35.5. The fourth-order valence-electron chi connectivity index (χ4n) is 4.32. The molecule has 0 aliphatic carbocycles. The van der Waals surface area contributed by atoms with E-state index in [1.165, 1.54) is 18.4 Å². The number of carbonyl (C=O) groups excluding carboxylic acids is 1. The molecule has 2 aromatic carbocycles. The second kappa shape index (κ2) is 8.32. The molecule has 4 rings (SSSR count). The lowest BCUT2D eigenvalue weighted by Crippen LogP contribution is -2.45. The number of benzene rings is 2. The summed E-state index contributed by atoms with van der Waals surface area (Å²) >= 11 is 12.1. The molecular formula is C22H24Cl2N2O2. The number of likely N-dealkylation sites (tertiary alicyclic amines) is 1. The van der Waals surface area contributed by atoms with Crippen molar-refractivity contribution in [2.45, 2.75) is 31.7 Å².